The minimum Gasteiger partial charge on any atom is -0.497 e. The Labute approximate surface area is 157 Å². The van der Waals surface area contributed by atoms with Crippen molar-refractivity contribution in [2.24, 2.45) is 5.92 Å². The van der Waals surface area contributed by atoms with Gasteiger partial charge in [-0.15, -0.1) is 0 Å². The van der Waals surface area contributed by atoms with Crippen LogP contribution in [0, 0.1) is 5.92 Å². The molecule has 1 aliphatic heterocycles. The Morgan fingerprint density at radius 2 is 2.08 bits per heavy atom. The second-order valence-corrected chi connectivity index (χ2v) is 7.46. The molecule has 1 saturated heterocycles. The van der Waals surface area contributed by atoms with Gasteiger partial charge in [-0.2, -0.15) is 0 Å². The first-order valence-electron chi connectivity index (χ1n) is 9.64. The molecular formula is C22H31N3O. The smallest absolute Gasteiger partial charge is 0.118 e. The van der Waals surface area contributed by atoms with Gasteiger partial charge in [0.1, 0.15) is 5.75 Å². The van der Waals surface area contributed by atoms with Crippen LogP contribution in [-0.2, 0) is 6.42 Å². The van der Waals surface area contributed by atoms with Gasteiger partial charge in [-0.3, -0.25) is 9.88 Å². The second-order valence-electron chi connectivity index (χ2n) is 7.46. The lowest BCUT2D eigenvalue weighted by Crippen LogP contribution is -2.34. The summed E-state index contributed by atoms with van der Waals surface area (Å²) in [5, 5.41) is 3.77. The average molecular weight is 354 g/mol. The fourth-order valence-electron chi connectivity index (χ4n) is 3.95. The summed E-state index contributed by atoms with van der Waals surface area (Å²) in [6, 6.07) is 13.7. The maximum atomic E-state index is 5.22. The van der Waals surface area contributed by atoms with Gasteiger partial charge >= 0.3 is 0 Å². The molecule has 1 aromatic heterocycles. The zero-order chi connectivity index (χ0) is 18.4. The summed E-state index contributed by atoms with van der Waals surface area (Å²) in [5.74, 6) is 1.57. The van der Waals surface area contributed by atoms with Crippen molar-refractivity contribution in [2.45, 2.75) is 38.3 Å². The molecule has 26 heavy (non-hydrogen) atoms. The summed E-state index contributed by atoms with van der Waals surface area (Å²) in [6.45, 7) is 4.51. The summed E-state index contributed by atoms with van der Waals surface area (Å²) in [7, 11) is 3.94. The van der Waals surface area contributed by atoms with Gasteiger partial charge < -0.3 is 10.1 Å². The number of methoxy groups -OCH3 is 1. The van der Waals surface area contributed by atoms with Gasteiger partial charge in [0.05, 0.1) is 7.11 Å². The zero-order valence-corrected chi connectivity index (χ0v) is 16.2. The van der Waals surface area contributed by atoms with Gasteiger partial charge in [0.25, 0.3) is 0 Å². The fraction of sp³-hybridized carbons (Fsp3) is 0.500. The molecule has 0 saturated carbocycles. The van der Waals surface area contributed by atoms with Gasteiger partial charge in [0.2, 0.25) is 0 Å². The highest BCUT2D eigenvalue weighted by atomic mass is 16.5. The van der Waals surface area contributed by atoms with E-state index in [0.717, 1.165) is 31.7 Å². The lowest BCUT2D eigenvalue weighted by atomic mass is 9.94. The van der Waals surface area contributed by atoms with Crippen LogP contribution < -0.4 is 10.1 Å². The standard InChI is InChI=1S/C22H31N3O/c1-17(6-7-18-8-10-21(26-3)11-9-18)24-16-20-12-14-25(2)22(20)19-5-4-13-23-15-19/h4-5,8-11,13,15,17,20,22,24H,6-7,12,14,16H2,1-3H3/t17-,20-,22-/m0/s1. The highest BCUT2D eigenvalue weighted by Crippen LogP contribution is 2.35. The Morgan fingerprint density at radius 3 is 2.77 bits per heavy atom. The Hall–Kier alpha value is -1.91. The SMILES string of the molecule is COc1ccc(CC[C@H](C)NC[C@@H]2CCN(C)[C@H]2c2cccnc2)cc1. The van der Waals surface area contributed by atoms with E-state index in [2.05, 4.69) is 47.4 Å². The van der Waals surface area contributed by atoms with Crippen LogP contribution in [-0.4, -0.2) is 43.2 Å². The van der Waals surface area contributed by atoms with E-state index in [1.165, 1.54) is 17.5 Å². The third-order valence-corrected chi connectivity index (χ3v) is 5.55. The van der Waals surface area contributed by atoms with E-state index in [-0.39, 0.29) is 0 Å². The zero-order valence-electron chi connectivity index (χ0n) is 16.2. The monoisotopic (exact) mass is 353 g/mol. The number of aromatic nitrogens is 1. The normalized spacial score (nSPS) is 21.7. The van der Waals surface area contributed by atoms with Gasteiger partial charge in [-0.25, -0.2) is 0 Å². The van der Waals surface area contributed by atoms with E-state index in [0.29, 0.717) is 18.0 Å². The molecule has 1 fully saturated rings. The number of ether oxygens (including phenoxy) is 1. The minimum absolute atomic E-state index is 0.477. The average Bonchev–Trinajstić information content (AvgIpc) is 3.06. The maximum absolute atomic E-state index is 5.22. The predicted octanol–water partition coefficient (Wildman–Crippen LogP) is 3.69. The van der Waals surface area contributed by atoms with E-state index >= 15 is 0 Å². The molecule has 1 N–H and O–H groups in total. The molecule has 0 spiro atoms. The van der Waals surface area contributed by atoms with Gasteiger partial charge in [-0.1, -0.05) is 18.2 Å². The third kappa shape index (κ3) is 4.83. The number of pyridine rings is 1. The molecule has 0 radical (unpaired) electrons. The highest BCUT2D eigenvalue weighted by molar-refractivity contribution is 5.27. The number of nitrogens with zero attached hydrogens (tertiary/aromatic N) is 2. The van der Waals surface area contributed by atoms with Gasteiger partial charge in [0, 0.05) is 31.0 Å². The number of hydrogen-bond donors (Lipinski definition) is 1. The van der Waals surface area contributed by atoms with E-state index in [9.17, 15) is 0 Å². The number of aryl methyl sites for hydroxylation is 1. The summed E-state index contributed by atoms with van der Waals surface area (Å²) in [4.78, 5) is 6.78. The molecule has 2 heterocycles. The van der Waals surface area contributed by atoms with Crippen LogP contribution in [0.4, 0.5) is 0 Å². The Morgan fingerprint density at radius 1 is 1.27 bits per heavy atom. The first kappa shape index (κ1) is 18.9. The molecular weight excluding hydrogens is 322 g/mol. The first-order chi connectivity index (χ1) is 12.7. The van der Waals surface area contributed by atoms with Crippen molar-refractivity contribution >= 4 is 0 Å². The van der Waals surface area contributed by atoms with Gasteiger partial charge in [-0.05, 0) is 75.0 Å². The summed E-state index contributed by atoms with van der Waals surface area (Å²) in [6.07, 6.45) is 7.36. The number of benzene rings is 1. The molecule has 4 nitrogen and oxygen atoms in total. The predicted molar refractivity (Wildman–Crippen MR) is 106 cm³/mol. The van der Waals surface area contributed by atoms with Crippen molar-refractivity contribution in [3.8, 4) is 5.75 Å². The van der Waals surface area contributed by atoms with Crippen LogP contribution >= 0.6 is 0 Å². The summed E-state index contributed by atoms with van der Waals surface area (Å²) >= 11 is 0. The molecule has 140 valence electrons. The van der Waals surface area contributed by atoms with E-state index < -0.39 is 0 Å². The maximum Gasteiger partial charge on any atom is 0.118 e. The molecule has 0 amide bonds. The third-order valence-electron chi connectivity index (χ3n) is 5.55. The van der Waals surface area contributed by atoms with Crippen molar-refractivity contribution < 1.29 is 4.74 Å². The largest absolute Gasteiger partial charge is 0.497 e. The van der Waals surface area contributed by atoms with Crippen LogP contribution in [0.3, 0.4) is 0 Å². The molecule has 2 aromatic rings. The topological polar surface area (TPSA) is 37.4 Å². The van der Waals surface area contributed by atoms with E-state index in [4.69, 9.17) is 4.74 Å². The second kappa shape index (κ2) is 9.15. The van der Waals surface area contributed by atoms with Crippen molar-refractivity contribution in [3.63, 3.8) is 0 Å². The van der Waals surface area contributed by atoms with Crippen molar-refractivity contribution in [2.75, 3.05) is 27.2 Å². The molecule has 0 aliphatic carbocycles. The van der Waals surface area contributed by atoms with Crippen LogP contribution in [0.5, 0.6) is 5.75 Å². The number of nitrogens with one attached hydrogen (secondary N) is 1. The van der Waals surface area contributed by atoms with Crippen molar-refractivity contribution in [1.29, 1.82) is 0 Å². The Bertz CT molecular complexity index is 659. The van der Waals surface area contributed by atoms with E-state index in [1.54, 1.807) is 7.11 Å². The number of hydrogen-bond acceptors (Lipinski definition) is 4. The fourth-order valence-corrected chi connectivity index (χ4v) is 3.95. The summed E-state index contributed by atoms with van der Waals surface area (Å²) < 4.78 is 5.22. The van der Waals surface area contributed by atoms with Crippen LogP contribution in [0.2, 0.25) is 0 Å². The minimum atomic E-state index is 0.477. The first-order valence-corrected chi connectivity index (χ1v) is 9.64. The van der Waals surface area contributed by atoms with Crippen LogP contribution in [0.15, 0.2) is 48.8 Å². The molecule has 3 rings (SSSR count). The Kier molecular flexibility index (Phi) is 6.64. The van der Waals surface area contributed by atoms with Crippen molar-refractivity contribution in [3.05, 3.63) is 59.9 Å². The number of rotatable bonds is 8. The molecule has 4 heteroatoms. The van der Waals surface area contributed by atoms with Crippen molar-refractivity contribution in [1.82, 2.24) is 15.2 Å². The van der Waals surface area contributed by atoms with Crippen LogP contribution in [0.25, 0.3) is 0 Å². The quantitative estimate of drug-likeness (QED) is 0.785. The van der Waals surface area contributed by atoms with E-state index in [1.807, 2.05) is 30.6 Å². The molecule has 3 atom stereocenters. The molecule has 0 bridgehead atoms. The summed E-state index contributed by atoms with van der Waals surface area (Å²) in [5.41, 5.74) is 2.71. The lowest BCUT2D eigenvalue weighted by Gasteiger charge is -2.26. The van der Waals surface area contributed by atoms with Crippen LogP contribution in [0.1, 0.15) is 36.9 Å². The Balaban J connectivity index is 1.48. The number of likely N-dealkylation sites (tertiary alicyclic amines) is 1. The molecule has 0 unspecified atom stereocenters. The molecule has 1 aromatic carbocycles. The molecule has 1 aliphatic rings. The lowest BCUT2D eigenvalue weighted by molar-refractivity contribution is 0.267. The van der Waals surface area contributed by atoms with Gasteiger partial charge in [0.15, 0.2) is 0 Å². The highest BCUT2D eigenvalue weighted by Gasteiger charge is 2.32.